The summed E-state index contributed by atoms with van der Waals surface area (Å²) in [5, 5.41) is 16.2. The van der Waals surface area contributed by atoms with E-state index in [4.69, 9.17) is 9.52 Å². The molecule has 0 aromatic carbocycles. The van der Waals surface area contributed by atoms with Crippen LogP contribution in [0.5, 0.6) is 0 Å². The molecule has 3 heterocycles. The van der Waals surface area contributed by atoms with Gasteiger partial charge in [0.1, 0.15) is 0 Å². The fraction of sp³-hybridized carbons (Fsp3) is 0.727. The van der Waals surface area contributed by atoms with Crippen molar-refractivity contribution >= 4 is 5.97 Å². The number of carboxylic acid groups (broad SMARTS) is 1. The molecule has 0 aliphatic carbocycles. The Morgan fingerprint density at radius 3 is 2.53 bits per heavy atom. The van der Waals surface area contributed by atoms with Crippen molar-refractivity contribution in [3.63, 3.8) is 0 Å². The molecule has 0 amide bonds. The Morgan fingerprint density at radius 2 is 2.00 bits per heavy atom. The van der Waals surface area contributed by atoms with Crippen LogP contribution in [0.1, 0.15) is 48.2 Å². The molecule has 92 valence electrons. The summed E-state index contributed by atoms with van der Waals surface area (Å²) in [6, 6.07) is 1.16. The summed E-state index contributed by atoms with van der Waals surface area (Å²) in [6.07, 6.45) is 4.43. The molecule has 17 heavy (non-hydrogen) atoms. The predicted octanol–water partition coefficient (Wildman–Crippen LogP) is 1.11. The van der Waals surface area contributed by atoms with Crippen LogP contribution >= 0.6 is 0 Å². The molecule has 2 bridgehead atoms. The van der Waals surface area contributed by atoms with Gasteiger partial charge in [-0.25, -0.2) is 4.79 Å². The molecule has 2 fully saturated rings. The molecular weight excluding hydrogens is 222 g/mol. The van der Waals surface area contributed by atoms with Gasteiger partial charge in [0.2, 0.25) is 5.89 Å². The maximum Gasteiger partial charge on any atom is 0.393 e. The second-order valence-electron chi connectivity index (χ2n) is 4.97. The van der Waals surface area contributed by atoms with E-state index in [1.165, 1.54) is 12.8 Å². The number of nitrogens with zero attached hydrogens (tertiary/aromatic N) is 3. The number of rotatable bonds is 2. The largest absolute Gasteiger partial charge is 0.474 e. The number of aromatic nitrogens is 2. The van der Waals surface area contributed by atoms with Crippen LogP contribution < -0.4 is 0 Å². The standard InChI is InChI=1S/C11H15N3O3/c1-14-7-2-3-8(14)5-6(4-7)9-12-13-10(17-9)11(15)16/h6-8H,2-5H2,1H3,(H,15,16). The van der Waals surface area contributed by atoms with Crippen molar-refractivity contribution in [2.24, 2.45) is 0 Å². The summed E-state index contributed by atoms with van der Waals surface area (Å²) >= 11 is 0. The smallest absolute Gasteiger partial charge is 0.393 e. The molecule has 6 heteroatoms. The van der Waals surface area contributed by atoms with E-state index in [-0.39, 0.29) is 11.8 Å². The molecule has 0 saturated carbocycles. The first-order chi connectivity index (χ1) is 8.15. The lowest BCUT2D eigenvalue weighted by Gasteiger charge is -2.34. The van der Waals surface area contributed by atoms with Gasteiger partial charge < -0.3 is 14.4 Å². The monoisotopic (exact) mass is 237 g/mol. The molecule has 2 unspecified atom stereocenters. The van der Waals surface area contributed by atoms with Crippen LogP contribution in [-0.2, 0) is 0 Å². The normalized spacial score (nSPS) is 32.9. The summed E-state index contributed by atoms with van der Waals surface area (Å²) in [5.41, 5.74) is 0. The molecule has 0 radical (unpaired) electrons. The number of carboxylic acids is 1. The van der Waals surface area contributed by atoms with Crippen molar-refractivity contribution < 1.29 is 14.3 Å². The van der Waals surface area contributed by atoms with Crippen LogP contribution in [0.4, 0.5) is 0 Å². The summed E-state index contributed by atoms with van der Waals surface area (Å²) in [6.45, 7) is 0. The van der Waals surface area contributed by atoms with E-state index < -0.39 is 5.97 Å². The average molecular weight is 237 g/mol. The minimum Gasteiger partial charge on any atom is -0.474 e. The van der Waals surface area contributed by atoms with Gasteiger partial charge in [0.25, 0.3) is 0 Å². The first-order valence-corrected chi connectivity index (χ1v) is 5.93. The summed E-state index contributed by atoms with van der Waals surface area (Å²) in [4.78, 5) is 13.1. The van der Waals surface area contributed by atoms with E-state index in [1.54, 1.807) is 0 Å². The van der Waals surface area contributed by atoms with Gasteiger partial charge in [-0.1, -0.05) is 0 Å². The van der Waals surface area contributed by atoms with Gasteiger partial charge in [0.05, 0.1) is 0 Å². The highest BCUT2D eigenvalue weighted by Gasteiger charge is 2.40. The molecule has 1 aromatic heterocycles. The minimum absolute atomic E-state index is 0.226. The number of carbonyl (C=O) groups is 1. The molecule has 3 rings (SSSR count). The van der Waals surface area contributed by atoms with Crippen molar-refractivity contribution in [1.29, 1.82) is 0 Å². The molecule has 2 atom stereocenters. The Labute approximate surface area is 98.6 Å². The molecule has 1 aromatic rings. The molecule has 2 aliphatic rings. The van der Waals surface area contributed by atoms with Gasteiger partial charge in [-0.2, -0.15) is 0 Å². The fourth-order valence-electron chi connectivity index (χ4n) is 3.10. The average Bonchev–Trinajstić information content (AvgIpc) is 2.83. The quantitative estimate of drug-likeness (QED) is 0.830. The van der Waals surface area contributed by atoms with E-state index >= 15 is 0 Å². The third kappa shape index (κ3) is 1.72. The molecular formula is C11H15N3O3. The summed E-state index contributed by atoms with van der Waals surface area (Å²) in [5.74, 6) is -0.734. The Hall–Kier alpha value is -1.43. The SMILES string of the molecule is CN1C2CCC1CC(c1nnc(C(=O)O)o1)C2. The van der Waals surface area contributed by atoms with Crippen molar-refractivity contribution in [2.75, 3.05) is 7.05 Å². The van der Waals surface area contributed by atoms with Crippen molar-refractivity contribution in [3.8, 4) is 0 Å². The lowest BCUT2D eigenvalue weighted by molar-refractivity contribution is 0.0648. The van der Waals surface area contributed by atoms with Gasteiger partial charge in [0.15, 0.2) is 0 Å². The van der Waals surface area contributed by atoms with Crippen LogP contribution in [-0.4, -0.2) is 45.3 Å². The van der Waals surface area contributed by atoms with Gasteiger partial charge in [0, 0.05) is 18.0 Å². The second-order valence-corrected chi connectivity index (χ2v) is 4.97. The maximum atomic E-state index is 10.7. The van der Waals surface area contributed by atoms with Crippen molar-refractivity contribution in [3.05, 3.63) is 11.8 Å². The van der Waals surface area contributed by atoms with Crippen LogP contribution in [0.25, 0.3) is 0 Å². The number of hydrogen-bond acceptors (Lipinski definition) is 5. The minimum atomic E-state index is -1.15. The van der Waals surface area contributed by atoms with E-state index in [0.717, 1.165) is 12.8 Å². The third-order valence-corrected chi connectivity index (χ3v) is 4.07. The number of fused-ring (bicyclic) bond motifs is 2. The van der Waals surface area contributed by atoms with E-state index in [1.807, 2.05) is 0 Å². The van der Waals surface area contributed by atoms with Crippen molar-refractivity contribution in [2.45, 2.75) is 43.7 Å². The topological polar surface area (TPSA) is 79.5 Å². The van der Waals surface area contributed by atoms with Crippen molar-refractivity contribution in [1.82, 2.24) is 15.1 Å². The zero-order chi connectivity index (χ0) is 12.0. The molecule has 2 saturated heterocycles. The van der Waals surface area contributed by atoms with Crippen LogP contribution in [0.2, 0.25) is 0 Å². The van der Waals surface area contributed by atoms with Crippen LogP contribution in [0.15, 0.2) is 4.42 Å². The van der Waals surface area contributed by atoms with Gasteiger partial charge in [-0.15, -0.1) is 10.2 Å². The Morgan fingerprint density at radius 1 is 1.35 bits per heavy atom. The van der Waals surface area contributed by atoms with E-state index in [9.17, 15) is 4.79 Å². The van der Waals surface area contributed by atoms with Gasteiger partial charge >= 0.3 is 11.9 Å². The lowest BCUT2D eigenvalue weighted by atomic mass is 9.91. The van der Waals surface area contributed by atoms with Crippen LogP contribution in [0, 0.1) is 0 Å². The maximum absolute atomic E-state index is 10.7. The predicted molar refractivity (Wildman–Crippen MR) is 57.8 cm³/mol. The molecule has 2 aliphatic heterocycles. The zero-order valence-corrected chi connectivity index (χ0v) is 9.67. The van der Waals surface area contributed by atoms with Gasteiger partial charge in [-0.3, -0.25) is 0 Å². The zero-order valence-electron chi connectivity index (χ0n) is 9.67. The number of piperidine rings is 1. The highest BCUT2D eigenvalue weighted by Crippen LogP contribution is 2.41. The first-order valence-electron chi connectivity index (χ1n) is 5.93. The third-order valence-electron chi connectivity index (χ3n) is 4.07. The fourth-order valence-corrected chi connectivity index (χ4v) is 3.10. The van der Waals surface area contributed by atoms with E-state index in [0.29, 0.717) is 18.0 Å². The first kappa shape index (κ1) is 10.7. The number of aromatic carboxylic acids is 1. The highest BCUT2D eigenvalue weighted by molar-refractivity contribution is 5.81. The molecule has 1 N–H and O–H groups in total. The summed E-state index contributed by atoms with van der Waals surface area (Å²) < 4.78 is 5.20. The molecule has 0 spiro atoms. The number of hydrogen-bond donors (Lipinski definition) is 1. The Balaban J connectivity index is 1.79. The Bertz CT molecular complexity index is 431. The second kappa shape index (κ2) is 3.80. The van der Waals surface area contributed by atoms with Crippen LogP contribution in [0.3, 0.4) is 0 Å². The Kier molecular flexibility index (Phi) is 2.39. The van der Waals surface area contributed by atoms with E-state index in [2.05, 4.69) is 22.1 Å². The lowest BCUT2D eigenvalue weighted by Crippen LogP contribution is -2.39. The van der Waals surface area contributed by atoms with Gasteiger partial charge in [-0.05, 0) is 32.7 Å². The summed E-state index contributed by atoms with van der Waals surface area (Å²) in [7, 11) is 2.16. The highest BCUT2D eigenvalue weighted by atomic mass is 16.4. The molecule has 6 nitrogen and oxygen atoms in total.